The van der Waals surface area contributed by atoms with Gasteiger partial charge in [-0.2, -0.15) is 0 Å². The van der Waals surface area contributed by atoms with Crippen LogP contribution in [0.4, 0.5) is 10.6 Å². The maximum absolute atomic E-state index is 12.3. The van der Waals surface area contributed by atoms with E-state index in [9.17, 15) is 4.79 Å². The van der Waals surface area contributed by atoms with Gasteiger partial charge in [0, 0.05) is 37.4 Å². The summed E-state index contributed by atoms with van der Waals surface area (Å²) < 4.78 is 5.50. The lowest BCUT2D eigenvalue weighted by atomic mass is 9.77. The van der Waals surface area contributed by atoms with Crippen LogP contribution >= 0.6 is 11.6 Å². The zero-order valence-electron chi connectivity index (χ0n) is 17.1. The Kier molecular flexibility index (Phi) is 4.45. The highest BCUT2D eigenvalue weighted by Crippen LogP contribution is 2.45. The second kappa shape index (κ2) is 6.48. The molecule has 2 saturated heterocycles. The molecule has 0 unspecified atom stereocenters. The predicted octanol–water partition coefficient (Wildman–Crippen LogP) is 4.61. The summed E-state index contributed by atoms with van der Waals surface area (Å²) in [6.45, 7) is 12.2. The van der Waals surface area contributed by atoms with Crippen LogP contribution in [0.25, 0.3) is 10.8 Å². The lowest BCUT2D eigenvalue weighted by molar-refractivity contribution is -0.0222. The third kappa shape index (κ3) is 3.17. The van der Waals surface area contributed by atoms with Crippen LogP contribution in [0.2, 0.25) is 5.15 Å². The van der Waals surface area contributed by atoms with Crippen molar-refractivity contribution in [2.24, 2.45) is 0 Å². The smallest absolute Gasteiger partial charge is 0.410 e. The Morgan fingerprint density at radius 1 is 1.21 bits per heavy atom. The lowest BCUT2D eigenvalue weighted by Gasteiger charge is -2.62. The number of carbonyl (C=O) groups excluding carboxylic acids is 1. The Balaban J connectivity index is 1.60. The highest BCUT2D eigenvalue weighted by atomic mass is 35.5. The average Bonchev–Trinajstić information content (AvgIpc) is 2.50. The fourth-order valence-corrected chi connectivity index (χ4v) is 4.27. The second-order valence-electron chi connectivity index (χ2n) is 9.21. The number of fused-ring (bicyclic) bond motifs is 1. The zero-order valence-corrected chi connectivity index (χ0v) is 17.9. The summed E-state index contributed by atoms with van der Waals surface area (Å²) in [4.78, 5) is 25.5. The van der Waals surface area contributed by atoms with E-state index in [1.54, 1.807) is 4.90 Å². The number of amides is 1. The number of rotatable bonds is 2. The topological polar surface area (TPSA) is 58.6 Å². The molecule has 4 heterocycles. The van der Waals surface area contributed by atoms with E-state index in [0.717, 1.165) is 29.6 Å². The normalized spacial score (nSPS) is 18.4. The molecular formula is C21H27ClN4O2. The van der Waals surface area contributed by atoms with Gasteiger partial charge in [0.05, 0.1) is 5.54 Å². The van der Waals surface area contributed by atoms with E-state index in [1.165, 1.54) is 5.56 Å². The molecule has 0 N–H and O–H groups in total. The number of hydrogen-bond donors (Lipinski definition) is 0. The van der Waals surface area contributed by atoms with Crippen molar-refractivity contribution in [1.29, 1.82) is 0 Å². The van der Waals surface area contributed by atoms with Gasteiger partial charge in [-0.05, 0) is 50.1 Å². The number of nitrogens with zero attached hydrogens (tertiary/aromatic N) is 4. The standard InChI is InChI=1S/C21H27ClN4O2/c1-13(2)15-9-24-18(16-10-23-17(22)8-14(15)16)26-7-6-21(26)11-25(12-21)19(27)28-20(3,4)5/h8-10,13H,6-7,11-12H2,1-5H3. The monoisotopic (exact) mass is 402 g/mol. The van der Waals surface area contributed by atoms with E-state index in [2.05, 4.69) is 23.7 Å². The summed E-state index contributed by atoms with van der Waals surface area (Å²) in [5, 5.41) is 2.61. The van der Waals surface area contributed by atoms with E-state index in [0.29, 0.717) is 24.2 Å². The molecule has 1 spiro atoms. The third-order valence-electron chi connectivity index (χ3n) is 5.62. The largest absolute Gasteiger partial charge is 0.444 e. The Morgan fingerprint density at radius 3 is 2.50 bits per heavy atom. The van der Waals surface area contributed by atoms with Crippen molar-refractivity contribution in [1.82, 2.24) is 14.9 Å². The van der Waals surface area contributed by atoms with Gasteiger partial charge in [0.2, 0.25) is 0 Å². The van der Waals surface area contributed by atoms with Crippen LogP contribution in [-0.2, 0) is 4.74 Å². The number of pyridine rings is 2. The van der Waals surface area contributed by atoms with Gasteiger partial charge in [-0.3, -0.25) is 0 Å². The molecule has 7 heteroatoms. The Bertz CT molecular complexity index is 932. The first-order chi connectivity index (χ1) is 13.1. The lowest BCUT2D eigenvalue weighted by Crippen LogP contribution is -2.78. The molecule has 2 fully saturated rings. The molecule has 0 bridgehead atoms. The Hall–Kier alpha value is -2.08. The molecule has 2 aromatic rings. The van der Waals surface area contributed by atoms with Crippen molar-refractivity contribution >= 4 is 34.3 Å². The van der Waals surface area contributed by atoms with Crippen LogP contribution in [-0.4, -0.2) is 51.7 Å². The molecular weight excluding hydrogens is 376 g/mol. The van der Waals surface area contributed by atoms with Gasteiger partial charge < -0.3 is 14.5 Å². The number of halogens is 1. The van der Waals surface area contributed by atoms with Crippen molar-refractivity contribution in [2.45, 2.75) is 58.1 Å². The molecule has 2 aliphatic rings. The van der Waals surface area contributed by atoms with Gasteiger partial charge in [-0.1, -0.05) is 25.4 Å². The fraction of sp³-hybridized carbons (Fsp3) is 0.571. The van der Waals surface area contributed by atoms with Crippen LogP contribution in [0, 0.1) is 0 Å². The van der Waals surface area contributed by atoms with Gasteiger partial charge in [-0.25, -0.2) is 14.8 Å². The fourth-order valence-electron chi connectivity index (χ4n) is 4.11. The number of hydrogen-bond acceptors (Lipinski definition) is 5. The Morgan fingerprint density at radius 2 is 1.93 bits per heavy atom. The first kappa shape index (κ1) is 19.2. The summed E-state index contributed by atoms with van der Waals surface area (Å²) in [5.74, 6) is 1.28. The summed E-state index contributed by atoms with van der Waals surface area (Å²) in [6.07, 6.45) is 4.57. The van der Waals surface area contributed by atoms with E-state index in [4.69, 9.17) is 21.3 Å². The maximum atomic E-state index is 12.3. The minimum Gasteiger partial charge on any atom is -0.444 e. The molecule has 6 nitrogen and oxygen atoms in total. The van der Waals surface area contributed by atoms with Gasteiger partial charge in [0.1, 0.15) is 16.6 Å². The first-order valence-electron chi connectivity index (χ1n) is 9.79. The molecule has 1 amide bonds. The Labute approximate surface area is 170 Å². The van der Waals surface area contributed by atoms with E-state index >= 15 is 0 Å². The zero-order chi connectivity index (χ0) is 20.3. The first-order valence-corrected chi connectivity index (χ1v) is 10.2. The van der Waals surface area contributed by atoms with Gasteiger partial charge in [-0.15, -0.1) is 0 Å². The minimum atomic E-state index is -0.478. The molecule has 0 saturated carbocycles. The second-order valence-corrected chi connectivity index (χ2v) is 9.59. The van der Waals surface area contributed by atoms with E-state index < -0.39 is 5.60 Å². The summed E-state index contributed by atoms with van der Waals surface area (Å²) in [5.41, 5.74) is 0.645. The van der Waals surface area contributed by atoms with Crippen LogP contribution in [0.1, 0.15) is 52.5 Å². The molecule has 4 rings (SSSR count). The molecule has 0 atom stereocenters. The highest BCUT2D eigenvalue weighted by Gasteiger charge is 2.56. The van der Waals surface area contributed by atoms with Crippen LogP contribution < -0.4 is 4.90 Å². The predicted molar refractivity (Wildman–Crippen MR) is 111 cm³/mol. The molecule has 2 aromatic heterocycles. The van der Waals surface area contributed by atoms with Crippen molar-refractivity contribution in [3.63, 3.8) is 0 Å². The van der Waals surface area contributed by atoms with Crippen LogP contribution in [0.3, 0.4) is 0 Å². The molecule has 0 aliphatic carbocycles. The minimum absolute atomic E-state index is 0.0458. The summed E-state index contributed by atoms with van der Waals surface area (Å²) >= 11 is 6.17. The van der Waals surface area contributed by atoms with Crippen molar-refractivity contribution in [3.8, 4) is 0 Å². The van der Waals surface area contributed by atoms with Crippen LogP contribution in [0.15, 0.2) is 18.5 Å². The maximum Gasteiger partial charge on any atom is 0.410 e. The number of anilines is 1. The van der Waals surface area contributed by atoms with Gasteiger partial charge >= 0.3 is 6.09 Å². The highest BCUT2D eigenvalue weighted by molar-refractivity contribution is 6.30. The number of aromatic nitrogens is 2. The SMILES string of the molecule is CC(C)c1cnc(N2CCC23CN(C(=O)OC(C)(C)C)C3)c2cnc(Cl)cc12. The average molecular weight is 403 g/mol. The van der Waals surface area contributed by atoms with Crippen LogP contribution in [0.5, 0.6) is 0 Å². The quantitative estimate of drug-likeness (QED) is 0.686. The van der Waals surface area contributed by atoms with Crippen molar-refractivity contribution in [3.05, 3.63) is 29.2 Å². The molecule has 150 valence electrons. The molecule has 28 heavy (non-hydrogen) atoms. The number of likely N-dealkylation sites (tertiary alicyclic amines) is 1. The number of carbonyl (C=O) groups is 1. The third-order valence-corrected chi connectivity index (χ3v) is 5.83. The van der Waals surface area contributed by atoms with Crippen molar-refractivity contribution < 1.29 is 9.53 Å². The summed E-state index contributed by atoms with van der Waals surface area (Å²) in [7, 11) is 0. The van der Waals surface area contributed by atoms with Gasteiger partial charge in [0.15, 0.2) is 0 Å². The van der Waals surface area contributed by atoms with Gasteiger partial charge in [0.25, 0.3) is 0 Å². The molecule has 2 aliphatic heterocycles. The van der Waals surface area contributed by atoms with E-state index in [-0.39, 0.29) is 11.6 Å². The molecule has 0 radical (unpaired) electrons. The van der Waals surface area contributed by atoms with Crippen molar-refractivity contribution in [2.75, 3.05) is 24.5 Å². The number of ether oxygens (including phenoxy) is 1. The summed E-state index contributed by atoms with van der Waals surface area (Å²) in [6, 6.07) is 1.93. The van der Waals surface area contributed by atoms with E-state index in [1.807, 2.05) is 39.2 Å². The molecule has 0 aromatic carbocycles.